The van der Waals surface area contributed by atoms with E-state index in [-0.39, 0.29) is 5.69 Å². The predicted octanol–water partition coefficient (Wildman–Crippen LogP) is 2.14. The van der Waals surface area contributed by atoms with Gasteiger partial charge in [-0.25, -0.2) is 9.97 Å². The first-order valence-corrected chi connectivity index (χ1v) is 6.25. The second-order valence-corrected chi connectivity index (χ2v) is 4.92. The highest BCUT2D eigenvalue weighted by atomic mass is 32.2. The number of aromatic nitrogens is 4. The van der Waals surface area contributed by atoms with Gasteiger partial charge >= 0.3 is 5.69 Å². The molecule has 1 N–H and O–H groups in total. The molecule has 1 fully saturated rings. The minimum Gasteiger partial charge on any atom is -0.262 e. The van der Waals surface area contributed by atoms with Crippen LogP contribution in [0.4, 0.5) is 5.69 Å². The summed E-state index contributed by atoms with van der Waals surface area (Å²) in [6, 6.07) is 2.96. The van der Waals surface area contributed by atoms with Crippen LogP contribution >= 0.6 is 11.8 Å². The summed E-state index contributed by atoms with van der Waals surface area (Å²) in [6.45, 7) is 0. The lowest BCUT2D eigenvalue weighted by atomic mass is 10.4. The first kappa shape index (κ1) is 11.1. The zero-order chi connectivity index (χ0) is 12.5. The molecule has 92 valence electrons. The zero-order valence-electron chi connectivity index (χ0n) is 9.24. The summed E-state index contributed by atoms with van der Waals surface area (Å²) in [4.78, 5) is 18.7. The van der Waals surface area contributed by atoms with Crippen molar-refractivity contribution >= 4 is 17.4 Å². The van der Waals surface area contributed by atoms with E-state index in [4.69, 9.17) is 0 Å². The molecule has 0 bridgehead atoms. The molecular formula is C10H9N5O2S. The van der Waals surface area contributed by atoms with Gasteiger partial charge in [0, 0.05) is 18.2 Å². The summed E-state index contributed by atoms with van der Waals surface area (Å²) in [5.41, 5.74) is -0.0275. The Kier molecular flexibility index (Phi) is 2.71. The average molecular weight is 263 g/mol. The predicted molar refractivity (Wildman–Crippen MR) is 63.4 cm³/mol. The number of pyridine rings is 1. The van der Waals surface area contributed by atoms with Crippen LogP contribution in [0, 0.1) is 10.1 Å². The lowest BCUT2D eigenvalue weighted by Crippen LogP contribution is -1.93. The quantitative estimate of drug-likeness (QED) is 0.670. The van der Waals surface area contributed by atoms with Crippen LogP contribution in [-0.4, -0.2) is 25.1 Å². The van der Waals surface area contributed by atoms with Gasteiger partial charge in [0.15, 0.2) is 5.03 Å². The molecule has 0 saturated heterocycles. The summed E-state index contributed by atoms with van der Waals surface area (Å²) < 4.78 is 0. The molecule has 0 atom stereocenters. The third-order valence-corrected chi connectivity index (χ3v) is 3.46. The first-order valence-electron chi connectivity index (χ1n) is 5.43. The van der Waals surface area contributed by atoms with Gasteiger partial charge in [0.25, 0.3) is 0 Å². The van der Waals surface area contributed by atoms with Gasteiger partial charge in [0.05, 0.1) is 4.92 Å². The van der Waals surface area contributed by atoms with Crippen molar-refractivity contribution in [1.29, 1.82) is 0 Å². The molecule has 0 aromatic carbocycles. The number of aromatic amines is 1. The highest BCUT2D eigenvalue weighted by Gasteiger charge is 2.27. The van der Waals surface area contributed by atoms with Crippen molar-refractivity contribution in [3.8, 4) is 0 Å². The fourth-order valence-corrected chi connectivity index (χ4v) is 2.30. The summed E-state index contributed by atoms with van der Waals surface area (Å²) in [7, 11) is 0. The molecule has 3 rings (SSSR count). The van der Waals surface area contributed by atoms with Gasteiger partial charge in [-0.2, -0.15) is 0 Å². The summed E-state index contributed by atoms with van der Waals surface area (Å²) in [5, 5.41) is 18.5. The van der Waals surface area contributed by atoms with Crippen LogP contribution in [0.3, 0.4) is 0 Å². The second kappa shape index (κ2) is 4.37. The second-order valence-electron chi connectivity index (χ2n) is 3.96. The van der Waals surface area contributed by atoms with Crippen LogP contribution in [0.5, 0.6) is 0 Å². The largest absolute Gasteiger partial charge is 0.301 e. The minimum absolute atomic E-state index is 0.0275. The van der Waals surface area contributed by atoms with Crippen molar-refractivity contribution < 1.29 is 4.92 Å². The van der Waals surface area contributed by atoms with E-state index >= 15 is 0 Å². The highest BCUT2D eigenvalue weighted by Crippen LogP contribution is 2.39. The molecule has 0 amide bonds. The zero-order valence-corrected chi connectivity index (χ0v) is 10.1. The van der Waals surface area contributed by atoms with Gasteiger partial charge < -0.3 is 0 Å². The Balaban J connectivity index is 1.84. The monoisotopic (exact) mass is 263 g/mol. The fraction of sp³-hybridized carbons (Fsp3) is 0.300. The van der Waals surface area contributed by atoms with Gasteiger partial charge in [0.1, 0.15) is 5.82 Å². The average Bonchev–Trinajstić information content (AvgIpc) is 3.11. The third-order valence-electron chi connectivity index (χ3n) is 2.58. The van der Waals surface area contributed by atoms with Crippen molar-refractivity contribution in [2.45, 2.75) is 28.9 Å². The van der Waals surface area contributed by atoms with Crippen molar-refractivity contribution in [2.24, 2.45) is 0 Å². The van der Waals surface area contributed by atoms with Crippen molar-refractivity contribution in [3.63, 3.8) is 0 Å². The molecule has 1 aliphatic rings. The normalized spacial score (nSPS) is 14.7. The van der Waals surface area contributed by atoms with E-state index in [0.717, 1.165) is 30.4 Å². The van der Waals surface area contributed by atoms with E-state index in [9.17, 15) is 10.1 Å². The number of nitrogens with one attached hydrogen (secondary N) is 1. The molecule has 2 aromatic heterocycles. The molecule has 0 unspecified atom stereocenters. The number of rotatable bonds is 4. The van der Waals surface area contributed by atoms with E-state index in [2.05, 4.69) is 20.2 Å². The van der Waals surface area contributed by atoms with Crippen LogP contribution in [0.15, 0.2) is 28.5 Å². The van der Waals surface area contributed by atoms with Gasteiger partial charge in [-0.05, 0) is 30.7 Å². The molecule has 1 saturated carbocycles. The summed E-state index contributed by atoms with van der Waals surface area (Å²) in [5.74, 6) is 1.33. The number of H-pyrrole nitrogens is 1. The Morgan fingerprint density at radius 2 is 2.33 bits per heavy atom. The Hall–Kier alpha value is -1.96. The molecule has 8 heteroatoms. The number of hydrogen-bond donors (Lipinski definition) is 1. The fourth-order valence-electron chi connectivity index (χ4n) is 1.53. The molecule has 7 nitrogen and oxygen atoms in total. The van der Waals surface area contributed by atoms with Crippen molar-refractivity contribution in [2.75, 3.05) is 0 Å². The molecule has 0 aliphatic heterocycles. The Morgan fingerprint density at radius 1 is 1.50 bits per heavy atom. The summed E-state index contributed by atoms with van der Waals surface area (Å²) >= 11 is 1.10. The van der Waals surface area contributed by atoms with E-state index in [1.54, 1.807) is 0 Å². The van der Waals surface area contributed by atoms with Crippen LogP contribution in [0.25, 0.3) is 0 Å². The number of hydrogen-bond acceptors (Lipinski definition) is 6. The van der Waals surface area contributed by atoms with E-state index in [1.165, 1.54) is 18.3 Å². The maximum absolute atomic E-state index is 10.8. The van der Waals surface area contributed by atoms with Crippen LogP contribution in [0.1, 0.15) is 24.6 Å². The standard InChI is InChI=1S/C10H9N5O2S/c16-15(17)7-2-1-5-11-9(7)18-10-12-8(13-14-10)6-3-4-6/h1-2,5-6H,3-4H2,(H,12,13,14). The van der Waals surface area contributed by atoms with Gasteiger partial charge in [-0.3, -0.25) is 15.2 Å². The third kappa shape index (κ3) is 2.19. The molecule has 2 heterocycles. The Morgan fingerprint density at radius 3 is 3.06 bits per heavy atom. The van der Waals surface area contributed by atoms with E-state index in [1.807, 2.05) is 0 Å². The van der Waals surface area contributed by atoms with Gasteiger partial charge in [0.2, 0.25) is 5.16 Å². The van der Waals surface area contributed by atoms with E-state index < -0.39 is 4.92 Å². The lowest BCUT2D eigenvalue weighted by molar-refractivity contribution is -0.388. The van der Waals surface area contributed by atoms with Gasteiger partial charge in [-0.15, -0.1) is 5.10 Å². The van der Waals surface area contributed by atoms with Crippen LogP contribution < -0.4 is 0 Å². The Labute approximate surface area is 106 Å². The number of nitrogens with zero attached hydrogens (tertiary/aromatic N) is 4. The molecule has 18 heavy (non-hydrogen) atoms. The summed E-state index contributed by atoms with van der Waals surface area (Å²) in [6.07, 6.45) is 3.77. The SMILES string of the molecule is O=[N+]([O-])c1cccnc1Sc1n[nH]c(C2CC2)n1. The lowest BCUT2D eigenvalue weighted by Gasteiger charge is -1.97. The topological polar surface area (TPSA) is 97.6 Å². The number of nitro groups is 1. The van der Waals surface area contributed by atoms with E-state index in [0.29, 0.717) is 16.1 Å². The molecule has 0 spiro atoms. The molecular weight excluding hydrogens is 254 g/mol. The van der Waals surface area contributed by atoms with Crippen molar-refractivity contribution in [3.05, 3.63) is 34.3 Å². The smallest absolute Gasteiger partial charge is 0.262 e. The maximum atomic E-state index is 10.8. The van der Waals surface area contributed by atoms with Crippen LogP contribution in [-0.2, 0) is 0 Å². The molecule has 1 aliphatic carbocycles. The highest BCUT2D eigenvalue weighted by molar-refractivity contribution is 7.99. The molecule has 0 radical (unpaired) electrons. The minimum atomic E-state index is -0.455. The maximum Gasteiger partial charge on any atom is 0.301 e. The van der Waals surface area contributed by atoms with Gasteiger partial charge in [-0.1, -0.05) is 0 Å². The first-order chi connectivity index (χ1) is 8.74. The molecule has 2 aromatic rings. The Bertz CT molecular complexity index is 595. The van der Waals surface area contributed by atoms with Crippen LogP contribution in [0.2, 0.25) is 0 Å². The van der Waals surface area contributed by atoms with Crippen molar-refractivity contribution in [1.82, 2.24) is 20.2 Å².